The monoisotopic (exact) mass is 312 g/mol. The fourth-order valence-corrected chi connectivity index (χ4v) is 2.19. The molecule has 7 nitrogen and oxygen atoms in total. The molecule has 1 aromatic carbocycles. The maximum atomic E-state index is 13.0. The molecule has 0 spiro atoms. The van der Waals surface area contributed by atoms with E-state index < -0.39 is 16.4 Å². The molecular formula is C12H13FN4O3S. The molecule has 0 amide bonds. The van der Waals surface area contributed by atoms with Crippen molar-refractivity contribution in [2.24, 2.45) is 0 Å². The number of nitro benzene ring substituents is 1. The van der Waals surface area contributed by atoms with Crippen molar-refractivity contribution in [1.82, 2.24) is 10.2 Å². The highest BCUT2D eigenvalue weighted by atomic mass is 32.1. The third-order valence-electron chi connectivity index (χ3n) is 2.46. The first-order valence-electron chi connectivity index (χ1n) is 6.23. The Hall–Kier alpha value is -2.29. The smallest absolute Gasteiger partial charge is 0.313 e. The summed E-state index contributed by atoms with van der Waals surface area (Å²) in [5.41, 5.74) is -0.413. The van der Waals surface area contributed by atoms with E-state index in [4.69, 9.17) is 4.74 Å². The zero-order valence-corrected chi connectivity index (χ0v) is 12.0. The summed E-state index contributed by atoms with van der Waals surface area (Å²) in [5.74, 6) is -0.685. The van der Waals surface area contributed by atoms with Gasteiger partial charge in [-0.15, -0.1) is 10.2 Å². The van der Waals surface area contributed by atoms with Gasteiger partial charge in [0.25, 0.3) is 0 Å². The second-order valence-corrected chi connectivity index (χ2v) is 5.15. The lowest BCUT2D eigenvalue weighted by Crippen LogP contribution is -1.99. The molecule has 2 aromatic rings. The number of hydrogen-bond donors (Lipinski definition) is 1. The van der Waals surface area contributed by atoms with Crippen LogP contribution in [0.2, 0.25) is 0 Å². The van der Waals surface area contributed by atoms with E-state index in [1.807, 2.05) is 6.92 Å². The van der Waals surface area contributed by atoms with Gasteiger partial charge in [0.1, 0.15) is 12.4 Å². The molecule has 0 unspecified atom stereocenters. The Kier molecular flexibility index (Phi) is 4.99. The predicted molar refractivity (Wildman–Crippen MR) is 76.1 cm³/mol. The number of ether oxygens (including phenoxy) is 1. The van der Waals surface area contributed by atoms with Crippen molar-refractivity contribution in [1.29, 1.82) is 0 Å². The summed E-state index contributed by atoms with van der Waals surface area (Å²) in [6.07, 6.45) is 0.965. The molecule has 2 rings (SSSR count). The van der Waals surface area contributed by atoms with Crippen LogP contribution < -0.4 is 10.1 Å². The molecule has 21 heavy (non-hydrogen) atoms. The van der Waals surface area contributed by atoms with Crippen molar-refractivity contribution in [2.45, 2.75) is 20.0 Å². The number of halogens is 1. The van der Waals surface area contributed by atoms with Crippen molar-refractivity contribution in [3.05, 3.63) is 39.1 Å². The van der Waals surface area contributed by atoms with Gasteiger partial charge in [-0.2, -0.15) is 0 Å². The maximum absolute atomic E-state index is 13.0. The summed E-state index contributed by atoms with van der Waals surface area (Å²) >= 11 is 1.31. The molecule has 0 radical (unpaired) electrons. The van der Waals surface area contributed by atoms with E-state index in [1.165, 1.54) is 17.4 Å². The average molecular weight is 312 g/mol. The molecular weight excluding hydrogens is 299 g/mol. The van der Waals surface area contributed by atoms with Crippen LogP contribution in [0.1, 0.15) is 18.4 Å². The molecule has 0 saturated carbocycles. The Balaban J connectivity index is 2.03. The quantitative estimate of drug-likeness (QED) is 0.624. The number of nitrogens with zero attached hydrogens (tertiary/aromatic N) is 3. The average Bonchev–Trinajstić information content (AvgIpc) is 2.91. The lowest BCUT2D eigenvalue weighted by atomic mass is 10.3. The minimum absolute atomic E-state index is 0.000308. The van der Waals surface area contributed by atoms with Crippen LogP contribution in [0.15, 0.2) is 18.2 Å². The standard InChI is InChI=1S/C12H13FN4O3S/c1-2-5-14-12-16-15-11(21-12)7-20-10-4-3-8(13)6-9(10)17(18)19/h3-4,6H,2,5,7H2,1H3,(H,14,16). The Bertz CT molecular complexity index is 635. The number of hydrogen-bond acceptors (Lipinski definition) is 7. The van der Waals surface area contributed by atoms with E-state index in [-0.39, 0.29) is 12.4 Å². The van der Waals surface area contributed by atoms with Gasteiger partial charge in [0.05, 0.1) is 11.0 Å². The van der Waals surface area contributed by atoms with Gasteiger partial charge in [-0.1, -0.05) is 18.3 Å². The van der Waals surface area contributed by atoms with E-state index in [1.54, 1.807) is 0 Å². The van der Waals surface area contributed by atoms with Gasteiger partial charge in [0.15, 0.2) is 10.8 Å². The minimum Gasteiger partial charge on any atom is -0.479 e. The third-order valence-corrected chi connectivity index (χ3v) is 3.32. The van der Waals surface area contributed by atoms with Crippen LogP contribution in [-0.4, -0.2) is 21.7 Å². The van der Waals surface area contributed by atoms with Crippen molar-refractivity contribution in [3.63, 3.8) is 0 Å². The molecule has 0 aliphatic rings. The molecule has 1 aromatic heterocycles. The van der Waals surface area contributed by atoms with Crippen LogP contribution in [0.4, 0.5) is 15.2 Å². The number of nitrogens with one attached hydrogen (secondary N) is 1. The fourth-order valence-electron chi connectivity index (χ4n) is 1.51. The topological polar surface area (TPSA) is 90.2 Å². The van der Waals surface area contributed by atoms with E-state index in [9.17, 15) is 14.5 Å². The van der Waals surface area contributed by atoms with Gasteiger partial charge in [0, 0.05) is 6.54 Å². The molecule has 0 atom stereocenters. The number of anilines is 1. The second-order valence-electron chi connectivity index (χ2n) is 4.09. The summed E-state index contributed by atoms with van der Waals surface area (Å²) in [6.45, 7) is 2.86. The van der Waals surface area contributed by atoms with Crippen molar-refractivity contribution < 1.29 is 14.1 Å². The van der Waals surface area contributed by atoms with Crippen molar-refractivity contribution >= 4 is 22.2 Å². The largest absolute Gasteiger partial charge is 0.479 e. The molecule has 112 valence electrons. The zero-order chi connectivity index (χ0) is 15.2. The van der Waals surface area contributed by atoms with Crippen molar-refractivity contribution in [3.8, 4) is 5.75 Å². The molecule has 1 N–H and O–H groups in total. The van der Waals surface area contributed by atoms with Gasteiger partial charge in [-0.3, -0.25) is 10.1 Å². The Morgan fingerprint density at radius 2 is 2.29 bits per heavy atom. The molecule has 0 aliphatic heterocycles. The normalized spacial score (nSPS) is 10.4. The fraction of sp³-hybridized carbons (Fsp3) is 0.333. The summed E-state index contributed by atoms with van der Waals surface area (Å²) in [6, 6.07) is 3.16. The van der Waals surface area contributed by atoms with Gasteiger partial charge in [-0.25, -0.2) is 4.39 Å². The van der Waals surface area contributed by atoms with Crippen LogP contribution in [-0.2, 0) is 6.61 Å². The molecule has 0 saturated heterocycles. The minimum atomic E-state index is -0.688. The predicted octanol–water partition coefficient (Wildman–Crippen LogP) is 2.99. The van der Waals surface area contributed by atoms with Gasteiger partial charge in [-0.05, 0) is 18.6 Å². The Labute approximate surface area is 123 Å². The molecule has 0 fully saturated rings. The van der Waals surface area contributed by atoms with Gasteiger partial charge in [0.2, 0.25) is 5.13 Å². The lowest BCUT2D eigenvalue weighted by Gasteiger charge is -2.04. The van der Waals surface area contributed by atoms with Crippen molar-refractivity contribution in [2.75, 3.05) is 11.9 Å². The molecule has 9 heteroatoms. The number of nitro groups is 1. The van der Waals surface area contributed by atoms with E-state index in [2.05, 4.69) is 15.5 Å². The summed E-state index contributed by atoms with van der Waals surface area (Å²) in [7, 11) is 0. The highest BCUT2D eigenvalue weighted by Crippen LogP contribution is 2.28. The first-order chi connectivity index (χ1) is 10.1. The number of rotatable bonds is 7. The van der Waals surface area contributed by atoms with Crippen LogP contribution in [0, 0.1) is 15.9 Å². The SMILES string of the molecule is CCCNc1nnc(COc2ccc(F)cc2[N+](=O)[O-])s1. The summed E-state index contributed by atoms with van der Waals surface area (Å²) in [5, 5.41) is 23.0. The first-order valence-corrected chi connectivity index (χ1v) is 7.04. The first kappa shape index (κ1) is 15.1. The zero-order valence-electron chi connectivity index (χ0n) is 11.2. The summed E-state index contributed by atoms with van der Waals surface area (Å²) < 4.78 is 18.3. The summed E-state index contributed by atoms with van der Waals surface area (Å²) in [4.78, 5) is 10.1. The Morgan fingerprint density at radius 3 is 3.00 bits per heavy atom. The number of benzene rings is 1. The van der Waals surface area contributed by atoms with E-state index in [0.717, 1.165) is 25.1 Å². The highest BCUT2D eigenvalue weighted by Gasteiger charge is 2.17. The van der Waals surface area contributed by atoms with Gasteiger partial charge < -0.3 is 10.1 Å². The highest BCUT2D eigenvalue weighted by molar-refractivity contribution is 7.15. The molecule has 0 bridgehead atoms. The van der Waals surface area contributed by atoms with Crippen LogP contribution in [0.3, 0.4) is 0 Å². The second kappa shape index (κ2) is 6.93. The maximum Gasteiger partial charge on any atom is 0.313 e. The molecule has 1 heterocycles. The van der Waals surface area contributed by atoms with Crippen LogP contribution in [0.25, 0.3) is 0 Å². The molecule has 0 aliphatic carbocycles. The van der Waals surface area contributed by atoms with Crippen LogP contribution >= 0.6 is 11.3 Å². The number of aromatic nitrogens is 2. The van der Waals surface area contributed by atoms with E-state index in [0.29, 0.717) is 10.1 Å². The lowest BCUT2D eigenvalue weighted by molar-refractivity contribution is -0.386. The van der Waals surface area contributed by atoms with Gasteiger partial charge >= 0.3 is 5.69 Å². The third kappa shape index (κ3) is 4.09. The van der Waals surface area contributed by atoms with Crippen LogP contribution in [0.5, 0.6) is 5.75 Å². The van der Waals surface area contributed by atoms with E-state index >= 15 is 0 Å². The Morgan fingerprint density at radius 1 is 1.48 bits per heavy atom.